The molecule has 1 aliphatic heterocycles. The summed E-state index contributed by atoms with van der Waals surface area (Å²) in [5.41, 5.74) is 0.763. The Labute approximate surface area is 81.3 Å². The highest BCUT2D eigenvalue weighted by Gasteiger charge is 2.48. The van der Waals surface area contributed by atoms with E-state index in [4.69, 9.17) is 0 Å². The first kappa shape index (κ1) is 8.28. The molecule has 2 unspecified atom stereocenters. The van der Waals surface area contributed by atoms with E-state index in [2.05, 4.69) is 5.32 Å². The zero-order valence-electron chi connectivity index (χ0n) is 8.52. The molecule has 1 saturated heterocycles. The standard InChI is InChI=1S/C12H21N/c1-2-7-12(6-1)8-3-4-10-5-9-13-11(10)12/h10-11,13H,1-9H2. The Hall–Kier alpha value is -0.0400. The van der Waals surface area contributed by atoms with Crippen LogP contribution in [0.2, 0.25) is 0 Å². The van der Waals surface area contributed by atoms with Gasteiger partial charge in [-0.05, 0) is 50.0 Å². The van der Waals surface area contributed by atoms with Gasteiger partial charge in [0, 0.05) is 6.04 Å². The predicted molar refractivity (Wildman–Crippen MR) is 54.6 cm³/mol. The highest BCUT2D eigenvalue weighted by molar-refractivity contribution is 5.03. The van der Waals surface area contributed by atoms with Crippen molar-refractivity contribution < 1.29 is 0 Å². The number of hydrogen-bond acceptors (Lipinski definition) is 1. The van der Waals surface area contributed by atoms with Crippen molar-refractivity contribution in [1.82, 2.24) is 5.32 Å². The molecule has 0 aromatic heterocycles. The topological polar surface area (TPSA) is 12.0 Å². The van der Waals surface area contributed by atoms with Crippen molar-refractivity contribution in [3.8, 4) is 0 Å². The van der Waals surface area contributed by atoms with Gasteiger partial charge in [-0.1, -0.05) is 19.3 Å². The van der Waals surface area contributed by atoms with Crippen molar-refractivity contribution in [3.63, 3.8) is 0 Å². The van der Waals surface area contributed by atoms with Gasteiger partial charge in [-0.2, -0.15) is 0 Å². The van der Waals surface area contributed by atoms with Crippen molar-refractivity contribution in [2.75, 3.05) is 6.54 Å². The Morgan fingerprint density at radius 1 is 0.923 bits per heavy atom. The van der Waals surface area contributed by atoms with Crippen LogP contribution in [0.25, 0.3) is 0 Å². The molecule has 0 aromatic carbocycles. The van der Waals surface area contributed by atoms with Crippen molar-refractivity contribution >= 4 is 0 Å². The molecule has 1 N–H and O–H groups in total. The Kier molecular flexibility index (Phi) is 1.90. The van der Waals surface area contributed by atoms with Crippen LogP contribution in [-0.4, -0.2) is 12.6 Å². The van der Waals surface area contributed by atoms with E-state index in [-0.39, 0.29) is 0 Å². The predicted octanol–water partition coefficient (Wildman–Crippen LogP) is 2.71. The normalized spacial score (nSPS) is 42.5. The molecular formula is C12H21N. The molecule has 0 radical (unpaired) electrons. The summed E-state index contributed by atoms with van der Waals surface area (Å²) in [6, 6.07) is 0.920. The average Bonchev–Trinajstić information content (AvgIpc) is 2.74. The fourth-order valence-electron chi connectivity index (χ4n) is 4.30. The fourth-order valence-corrected chi connectivity index (χ4v) is 4.30. The van der Waals surface area contributed by atoms with Crippen molar-refractivity contribution in [2.24, 2.45) is 11.3 Å². The summed E-state index contributed by atoms with van der Waals surface area (Å²) in [5, 5.41) is 3.79. The Morgan fingerprint density at radius 2 is 1.69 bits per heavy atom. The minimum Gasteiger partial charge on any atom is -0.313 e. The molecule has 2 saturated carbocycles. The lowest BCUT2D eigenvalue weighted by Crippen LogP contribution is -2.46. The Balaban J connectivity index is 1.85. The molecule has 2 aliphatic carbocycles. The molecule has 1 heteroatoms. The van der Waals surface area contributed by atoms with Crippen LogP contribution in [0.5, 0.6) is 0 Å². The molecule has 1 spiro atoms. The van der Waals surface area contributed by atoms with Crippen molar-refractivity contribution in [3.05, 3.63) is 0 Å². The monoisotopic (exact) mass is 179 g/mol. The molecule has 0 amide bonds. The maximum absolute atomic E-state index is 3.79. The van der Waals surface area contributed by atoms with Crippen LogP contribution < -0.4 is 5.32 Å². The highest BCUT2D eigenvalue weighted by atomic mass is 15.0. The summed E-state index contributed by atoms with van der Waals surface area (Å²) in [5.74, 6) is 1.05. The van der Waals surface area contributed by atoms with Gasteiger partial charge in [0.2, 0.25) is 0 Å². The molecule has 3 rings (SSSR count). The number of nitrogens with one attached hydrogen (secondary N) is 1. The molecule has 3 aliphatic rings. The second-order valence-electron chi connectivity index (χ2n) is 5.44. The Bertz CT molecular complexity index is 193. The summed E-state index contributed by atoms with van der Waals surface area (Å²) in [6.45, 7) is 1.30. The van der Waals surface area contributed by atoms with Crippen LogP contribution in [0.1, 0.15) is 51.4 Å². The lowest BCUT2D eigenvalue weighted by Gasteiger charge is -2.43. The van der Waals surface area contributed by atoms with Crippen LogP contribution in [0.4, 0.5) is 0 Å². The third kappa shape index (κ3) is 1.16. The van der Waals surface area contributed by atoms with Gasteiger partial charge in [0.05, 0.1) is 0 Å². The minimum atomic E-state index is 0.763. The van der Waals surface area contributed by atoms with Gasteiger partial charge in [0.1, 0.15) is 0 Å². The quantitative estimate of drug-likeness (QED) is 0.603. The zero-order valence-corrected chi connectivity index (χ0v) is 8.52. The summed E-state index contributed by atoms with van der Waals surface area (Å²) in [6.07, 6.45) is 12.1. The third-order valence-corrected chi connectivity index (χ3v) is 4.86. The van der Waals surface area contributed by atoms with Crippen LogP contribution >= 0.6 is 0 Å². The molecule has 3 fully saturated rings. The van der Waals surface area contributed by atoms with E-state index in [0.29, 0.717) is 0 Å². The largest absolute Gasteiger partial charge is 0.313 e. The molecule has 1 nitrogen and oxygen atoms in total. The second-order valence-corrected chi connectivity index (χ2v) is 5.44. The number of rotatable bonds is 0. The molecule has 13 heavy (non-hydrogen) atoms. The first-order valence-electron chi connectivity index (χ1n) is 6.14. The molecule has 0 bridgehead atoms. The first-order valence-corrected chi connectivity index (χ1v) is 6.14. The summed E-state index contributed by atoms with van der Waals surface area (Å²) >= 11 is 0. The van der Waals surface area contributed by atoms with Crippen LogP contribution in [-0.2, 0) is 0 Å². The summed E-state index contributed by atoms with van der Waals surface area (Å²) < 4.78 is 0. The number of hydrogen-bond donors (Lipinski definition) is 1. The van der Waals surface area contributed by atoms with Gasteiger partial charge in [-0.15, -0.1) is 0 Å². The lowest BCUT2D eigenvalue weighted by atomic mass is 9.65. The van der Waals surface area contributed by atoms with Gasteiger partial charge in [-0.25, -0.2) is 0 Å². The van der Waals surface area contributed by atoms with E-state index >= 15 is 0 Å². The maximum atomic E-state index is 3.79. The maximum Gasteiger partial charge on any atom is 0.0152 e. The molecule has 1 heterocycles. The number of fused-ring (bicyclic) bond motifs is 2. The van der Waals surface area contributed by atoms with E-state index < -0.39 is 0 Å². The minimum absolute atomic E-state index is 0.763. The van der Waals surface area contributed by atoms with E-state index in [1.165, 1.54) is 57.9 Å². The summed E-state index contributed by atoms with van der Waals surface area (Å²) in [7, 11) is 0. The van der Waals surface area contributed by atoms with Gasteiger partial charge < -0.3 is 5.32 Å². The smallest absolute Gasteiger partial charge is 0.0152 e. The van der Waals surface area contributed by atoms with Gasteiger partial charge in [0.15, 0.2) is 0 Å². The van der Waals surface area contributed by atoms with Crippen molar-refractivity contribution in [2.45, 2.75) is 57.4 Å². The fraction of sp³-hybridized carbons (Fsp3) is 1.00. The second kappa shape index (κ2) is 2.98. The van der Waals surface area contributed by atoms with Gasteiger partial charge in [-0.3, -0.25) is 0 Å². The average molecular weight is 179 g/mol. The Morgan fingerprint density at radius 3 is 2.54 bits per heavy atom. The van der Waals surface area contributed by atoms with Crippen LogP contribution in [0.3, 0.4) is 0 Å². The van der Waals surface area contributed by atoms with Crippen LogP contribution in [0, 0.1) is 11.3 Å². The van der Waals surface area contributed by atoms with Crippen molar-refractivity contribution in [1.29, 1.82) is 0 Å². The van der Waals surface area contributed by atoms with E-state index in [0.717, 1.165) is 17.4 Å². The summed E-state index contributed by atoms with van der Waals surface area (Å²) in [4.78, 5) is 0. The first-order chi connectivity index (χ1) is 6.41. The van der Waals surface area contributed by atoms with E-state index in [1.807, 2.05) is 0 Å². The zero-order chi connectivity index (χ0) is 8.73. The van der Waals surface area contributed by atoms with E-state index in [1.54, 1.807) is 0 Å². The lowest BCUT2D eigenvalue weighted by molar-refractivity contribution is 0.110. The molecule has 0 aromatic rings. The van der Waals surface area contributed by atoms with E-state index in [9.17, 15) is 0 Å². The molecule has 2 atom stereocenters. The highest BCUT2D eigenvalue weighted by Crippen LogP contribution is 2.52. The van der Waals surface area contributed by atoms with Crippen LogP contribution in [0.15, 0.2) is 0 Å². The third-order valence-electron chi connectivity index (χ3n) is 4.86. The van der Waals surface area contributed by atoms with Gasteiger partial charge >= 0.3 is 0 Å². The molecule has 74 valence electrons. The molecular weight excluding hydrogens is 158 g/mol. The van der Waals surface area contributed by atoms with Gasteiger partial charge in [0.25, 0.3) is 0 Å². The SMILES string of the molecule is C1CCC2(C1)CCCC1CCNC12.